The molecule has 4 rings (SSSR count). The molecule has 2 fully saturated rings. The van der Waals surface area contributed by atoms with E-state index < -0.39 is 17.3 Å². The van der Waals surface area contributed by atoms with Crippen molar-refractivity contribution >= 4 is 11.8 Å². The van der Waals surface area contributed by atoms with Gasteiger partial charge in [-0.1, -0.05) is 18.0 Å². The molecule has 1 aliphatic carbocycles. The fourth-order valence-corrected chi connectivity index (χ4v) is 4.54. The van der Waals surface area contributed by atoms with E-state index in [9.17, 15) is 22.8 Å². The van der Waals surface area contributed by atoms with Crippen molar-refractivity contribution in [1.29, 1.82) is 0 Å². The number of piperidine rings is 1. The number of carbonyl (C=O) groups excluding carboxylic acids is 2. The summed E-state index contributed by atoms with van der Waals surface area (Å²) in [5, 5.41) is 7.19. The van der Waals surface area contributed by atoms with Gasteiger partial charge in [0, 0.05) is 31.5 Å². The summed E-state index contributed by atoms with van der Waals surface area (Å²) in [4.78, 5) is 31.6. The van der Waals surface area contributed by atoms with Crippen molar-refractivity contribution in [3.8, 4) is 0 Å². The van der Waals surface area contributed by atoms with Gasteiger partial charge in [0.2, 0.25) is 11.8 Å². The molecule has 1 aromatic heterocycles. The number of aryl methyl sites for hydroxylation is 1. The van der Waals surface area contributed by atoms with Gasteiger partial charge in [-0.2, -0.15) is 18.2 Å². The van der Waals surface area contributed by atoms with Crippen molar-refractivity contribution < 1.29 is 27.3 Å². The number of amides is 2. The zero-order chi connectivity index (χ0) is 22.9. The Morgan fingerprint density at radius 1 is 1.12 bits per heavy atom. The van der Waals surface area contributed by atoms with Gasteiger partial charge in [-0.3, -0.25) is 9.59 Å². The number of likely N-dealkylation sites (tertiary alicyclic amines) is 1. The van der Waals surface area contributed by atoms with E-state index in [1.165, 1.54) is 12.1 Å². The number of hydrogen-bond donors (Lipinski definition) is 1. The number of halogens is 3. The van der Waals surface area contributed by atoms with Crippen molar-refractivity contribution in [1.82, 2.24) is 20.4 Å². The van der Waals surface area contributed by atoms with Gasteiger partial charge >= 0.3 is 6.18 Å². The average Bonchev–Trinajstić information content (AvgIpc) is 3.43. The number of alkyl halides is 3. The Kier molecular flexibility index (Phi) is 5.96. The summed E-state index contributed by atoms with van der Waals surface area (Å²) >= 11 is 0. The molecule has 2 heterocycles. The van der Waals surface area contributed by atoms with E-state index >= 15 is 0 Å². The molecule has 1 saturated heterocycles. The topological polar surface area (TPSA) is 88.3 Å². The van der Waals surface area contributed by atoms with Crippen molar-refractivity contribution in [2.45, 2.75) is 57.2 Å². The zero-order valence-electron chi connectivity index (χ0n) is 17.7. The third-order valence-corrected chi connectivity index (χ3v) is 6.39. The molecule has 1 aliphatic heterocycles. The number of aromatic nitrogens is 2. The minimum absolute atomic E-state index is 0.0871. The standard InChI is InChI=1S/C22H25F3N4O3/c1-14-26-20(28-32-14)21(10-2-3-11-21)27-18(30)15-8-12-29(13-9-15)19(31)16-4-6-17(7-5-16)22(23,24)25/h4-7,15H,2-3,8-13H2,1H3,(H,27,30). The molecule has 0 radical (unpaired) electrons. The molecular weight excluding hydrogens is 425 g/mol. The Hall–Kier alpha value is -2.91. The van der Waals surface area contributed by atoms with Crippen LogP contribution in [-0.2, 0) is 16.5 Å². The second-order valence-corrected chi connectivity index (χ2v) is 8.56. The largest absolute Gasteiger partial charge is 0.416 e. The summed E-state index contributed by atoms with van der Waals surface area (Å²) in [5.74, 6) is 0.298. The van der Waals surface area contributed by atoms with Crippen molar-refractivity contribution in [2.75, 3.05) is 13.1 Å². The summed E-state index contributed by atoms with van der Waals surface area (Å²) in [6.07, 6.45) is -0.0307. The maximum absolute atomic E-state index is 13.0. The maximum atomic E-state index is 13.0. The number of nitrogens with zero attached hydrogens (tertiary/aromatic N) is 3. The van der Waals surface area contributed by atoms with Gasteiger partial charge in [0.25, 0.3) is 5.91 Å². The highest BCUT2D eigenvalue weighted by molar-refractivity contribution is 5.94. The summed E-state index contributed by atoms with van der Waals surface area (Å²) in [5.41, 5.74) is -1.19. The van der Waals surface area contributed by atoms with Gasteiger partial charge in [-0.25, -0.2) is 0 Å². The van der Waals surface area contributed by atoms with Crippen LogP contribution in [0.1, 0.15) is 66.2 Å². The number of benzene rings is 1. The van der Waals surface area contributed by atoms with E-state index in [4.69, 9.17) is 4.52 Å². The Bertz CT molecular complexity index is 973. The zero-order valence-corrected chi connectivity index (χ0v) is 17.7. The first kappa shape index (κ1) is 22.3. The lowest BCUT2D eigenvalue weighted by Gasteiger charge is -2.34. The van der Waals surface area contributed by atoms with E-state index in [0.717, 1.165) is 37.8 Å². The predicted molar refractivity (Wildman–Crippen MR) is 107 cm³/mol. The minimum Gasteiger partial charge on any atom is -0.343 e. The molecule has 172 valence electrons. The van der Waals surface area contributed by atoms with Gasteiger partial charge in [0.05, 0.1) is 5.56 Å². The Morgan fingerprint density at radius 3 is 2.28 bits per heavy atom. The van der Waals surface area contributed by atoms with E-state index in [1.807, 2.05) is 0 Å². The third-order valence-electron chi connectivity index (χ3n) is 6.39. The monoisotopic (exact) mass is 450 g/mol. The molecule has 0 bridgehead atoms. The first-order valence-corrected chi connectivity index (χ1v) is 10.8. The van der Waals surface area contributed by atoms with Crippen LogP contribution in [-0.4, -0.2) is 39.9 Å². The van der Waals surface area contributed by atoms with Gasteiger partial charge in [0.1, 0.15) is 5.54 Å². The second-order valence-electron chi connectivity index (χ2n) is 8.56. The van der Waals surface area contributed by atoms with Crippen LogP contribution >= 0.6 is 0 Å². The van der Waals surface area contributed by atoms with E-state index in [2.05, 4.69) is 15.5 Å². The third kappa shape index (κ3) is 4.49. The SMILES string of the molecule is Cc1nc(C2(NC(=O)C3CCN(C(=O)c4ccc(C(F)(F)F)cc4)CC3)CCCC2)no1. The van der Waals surface area contributed by atoms with Crippen LogP contribution in [0.3, 0.4) is 0 Å². The van der Waals surface area contributed by atoms with Crippen molar-refractivity contribution in [3.63, 3.8) is 0 Å². The number of hydrogen-bond acceptors (Lipinski definition) is 5. The van der Waals surface area contributed by atoms with Gasteiger partial charge in [0.15, 0.2) is 5.82 Å². The normalized spacial score (nSPS) is 19.2. The Labute approximate surface area is 183 Å². The summed E-state index contributed by atoms with van der Waals surface area (Å²) < 4.78 is 43.3. The molecule has 1 N–H and O–H groups in total. The molecular formula is C22H25F3N4O3. The molecule has 0 unspecified atom stereocenters. The van der Waals surface area contributed by atoms with Gasteiger partial charge < -0.3 is 14.7 Å². The molecule has 10 heteroatoms. The van der Waals surface area contributed by atoms with E-state index in [-0.39, 0.29) is 23.3 Å². The van der Waals surface area contributed by atoms with Crippen LogP contribution < -0.4 is 5.32 Å². The van der Waals surface area contributed by atoms with Crippen LogP contribution in [0.25, 0.3) is 0 Å². The van der Waals surface area contributed by atoms with Crippen LogP contribution in [0.2, 0.25) is 0 Å². The highest BCUT2D eigenvalue weighted by Crippen LogP contribution is 2.38. The number of nitrogens with one attached hydrogen (secondary N) is 1. The number of carbonyl (C=O) groups is 2. The molecule has 32 heavy (non-hydrogen) atoms. The molecule has 1 saturated carbocycles. The van der Waals surface area contributed by atoms with Crippen LogP contribution in [0.15, 0.2) is 28.8 Å². The molecule has 2 amide bonds. The van der Waals surface area contributed by atoms with E-state index in [1.54, 1.807) is 11.8 Å². The molecule has 2 aliphatic rings. The Morgan fingerprint density at radius 2 is 1.75 bits per heavy atom. The highest BCUT2D eigenvalue weighted by Gasteiger charge is 2.42. The average molecular weight is 450 g/mol. The molecule has 0 atom stereocenters. The fourth-order valence-electron chi connectivity index (χ4n) is 4.54. The lowest BCUT2D eigenvalue weighted by atomic mass is 9.91. The quantitative estimate of drug-likeness (QED) is 0.765. The highest BCUT2D eigenvalue weighted by atomic mass is 19.4. The lowest BCUT2D eigenvalue weighted by molar-refractivity contribution is -0.137. The van der Waals surface area contributed by atoms with Gasteiger partial charge in [-0.15, -0.1) is 0 Å². The summed E-state index contributed by atoms with van der Waals surface area (Å²) in [6.45, 7) is 2.45. The first-order chi connectivity index (χ1) is 15.2. The predicted octanol–water partition coefficient (Wildman–Crippen LogP) is 3.83. The number of rotatable bonds is 4. The van der Waals surface area contributed by atoms with Crippen molar-refractivity contribution in [2.24, 2.45) is 5.92 Å². The Balaban J connectivity index is 1.36. The fraction of sp³-hybridized carbons (Fsp3) is 0.545. The molecule has 1 aromatic carbocycles. The molecule has 0 spiro atoms. The van der Waals surface area contributed by atoms with Crippen LogP contribution in [0.4, 0.5) is 13.2 Å². The summed E-state index contributed by atoms with van der Waals surface area (Å²) in [7, 11) is 0. The summed E-state index contributed by atoms with van der Waals surface area (Å²) in [6, 6.07) is 4.21. The molecule has 2 aromatic rings. The van der Waals surface area contributed by atoms with Gasteiger partial charge in [-0.05, 0) is 49.9 Å². The maximum Gasteiger partial charge on any atom is 0.416 e. The minimum atomic E-state index is -4.44. The smallest absolute Gasteiger partial charge is 0.343 e. The lowest BCUT2D eigenvalue weighted by Crippen LogP contribution is -2.49. The first-order valence-electron chi connectivity index (χ1n) is 10.8. The van der Waals surface area contributed by atoms with Crippen LogP contribution in [0.5, 0.6) is 0 Å². The van der Waals surface area contributed by atoms with Crippen molar-refractivity contribution in [3.05, 3.63) is 47.1 Å². The second kappa shape index (κ2) is 8.55. The van der Waals surface area contributed by atoms with E-state index in [0.29, 0.717) is 37.6 Å². The molecule has 7 nitrogen and oxygen atoms in total. The van der Waals surface area contributed by atoms with Crippen LogP contribution in [0, 0.1) is 12.8 Å².